The van der Waals surface area contributed by atoms with Crippen molar-refractivity contribution in [3.05, 3.63) is 113 Å². The minimum absolute atomic E-state index is 0.368. The van der Waals surface area contributed by atoms with Crippen molar-refractivity contribution in [2.45, 2.75) is 11.5 Å². The molecule has 0 saturated carbocycles. The first-order chi connectivity index (χ1) is 13.0. The molecule has 0 bridgehead atoms. The Bertz CT molecular complexity index is 813. The molecular formula is C18H15ClN2O4S2. The van der Waals surface area contributed by atoms with Crippen molar-refractivity contribution in [3.8, 4) is 0 Å². The Labute approximate surface area is 169 Å². The monoisotopic (exact) mass is 422 g/mol. The van der Waals surface area contributed by atoms with Crippen LogP contribution < -0.4 is 0 Å². The summed E-state index contributed by atoms with van der Waals surface area (Å²) in [6, 6.07) is 19.0. The summed E-state index contributed by atoms with van der Waals surface area (Å²) in [6.45, 7) is 0. The molecule has 2 aromatic rings. The summed E-state index contributed by atoms with van der Waals surface area (Å²) in [5.74, 6) is 0.998. The third-order valence-corrected chi connectivity index (χ3v) is 6.11. The summed E-state index contributed by atoms with van der Waals surface area (Å²) in [7, 11) is 0. The quantitative estimate of drug-likeness (QED) is 0.224. The van der Waals surface area contributed by atoms with Gasteiger partial charge in [-0.3, -0.25) is 20.2 Å². The van der Waals surface area contributed by atoms with Crippen LogP contribution in [0.2, 0.25) is 0 Å². The van der Waals surface area contributed by atoms with E-state index in [1.165, 1.54) is 23.5 Å². The van der Waals surface area contributed by atoms with Gasteiger partial charge in [0.15, 0.2) is 0 Å². The molecular weight excluding hydrogens is 408 g/mol. The molecule has 0 fully saturated rings. The van der Waals surface area contributed by atoms with E-state index in [0.717, 1.165) is 17.2 Å². The third-order valence-electron chi connectivity index (χ3n) is 3.26. The molecule has 0 aliphatic rings. The van der Waals surface area contributed by atoms with Crippen LogP contribution in [-0.2, 0) is 11.5 Å². The minimum atomic E-state index is -0.855. The van der Waals surface area contributed by atoms with Crippen LogP contribution in [0.5, 0.6) is 0 Å². The summed E-state index contributed by atoms with van der Waals surface area (Å²) in [6.07, 6.45) is 0.798. The first-order valence-corrected chi connectivity index (χ1v) is 10.1. The molecule has 0 aliphatic carbocycles. The van der Waals surface area contributed by atoms with E-state index in [9.17, 15) is 20.2 Å². The zero-order valence-electron chi connectivity index (χ0n) is 14.0. The van der Waals surface area contributed by atoms with E-state index in [0.29, 0.717) is 15.7 Å². The van der Waals surface area contributed by atoms with Crippen molar-refractivity contribution in [1.29, 1.82) is 0 Å². The lowest BCUT2D eigenvalue weighted by atomic mass is 10.2. The van der Waals surface area contributed by atoms with Crippen LogP contribution in [0.1, 0.15) is 11.1 Å². The molecule has 27 heavy (non-hydrogen) atoms. The molecule has 0 saturated heterocycles. The SMILES string of the molecule is O=[N+]([O-])C(/C=C(/Cl)[N+](=O)[O-])=C(SCc1ccccc1)SCc1ccccc1. The molecule has 0 amide bonds. The molecule has 2 aromatic carbocycles. The van der Waals surface area contributed by atoms with Gasteiger partial charge >= 0.3 is 5.16 Å². The summed E-state index contributed by atoms with van der Waals surface area (Å²) >= 11 is 8.06. The Balaban J connectivity index is 2.30. The molecule has 9 heteroatoms. The van der Waals surface area contributed by atoms with Crippen molar-refractivity contribution in [3.63, 3.8) is 0 Å². The van der Waals surface area contributed by atoms with E-state index in [1.54, 1.807) is 0 Å². The molecule has 140 valence electrons. The number of nitro groups is 2. The average Bonchev–Trinajstić information content (AvgIpc) is 2.67. The van der Waals surface area contributed by atoms with Gasteiger partial charge in [0, 0.05) is 11.5 Å². The van der Waals surface area contributed by atoms with Crippen LogP contribution in [0.3, 0.4) is 0 Å². The van der Waals surface area contributed by atoms with Gasteiger partial charge in [-0.05, 0) is 22.7 Å². The Hall–Kier alpha value is -2.29. The highest BCUT2D eigenvalue weighted by atomic mass is 35.5. The van der Waals surface area contributed by atoms with Gasteiger partial charge in [-0.2, -0.15) is 0 Å². The number of rotatable bonds is 9. The Morgan fingerprint density at radius 2 is 1.30 bits per heavy atom. The second-order valence-electron chi connectivity index (χ2n) is 5.20. The Morgan fingerprint density at radius 1 is 0.852 bits per heavy atom. The predicted octanol–water partition coefficient (Wildman–Crippen LogP) is 5.66. The third kappa shape index (κ3) is 7.09. The van der Waals surface area contributed by atoms with Gasteiger partial charge in [-0.15, -0.1) is 23.5 Å². The van der Waals surface area contributed by atoms with Gasteiger partial charge in [0.25, 0.3) is 5.70 Å². The van der Waals surface area contributed by atoms with Crippen LogP contribution in [0.4, 0.5) is 0 Å². The van der Waals surface area contributed by atoms with Gasteiger partial charge in [0.05, 0.1) is 9.85 Å². The van der Waals surface area contributed by atoms with E-state index in [2.05, 4.69) is 0 Å². The normalized spacial score (nSPS) is 11.1. The van der Waals surface area contributed by atoms with Crippen LogP contribution >= 0.6 is 35.1 Å². The fraction of sp³-hybridized carbons (Fsp3) is 0.111. The molecule has 0 aliphatic heterocycles. The van der Waals surface area contributed by atoms with Crippen LogP contribution in [0.15, 0.2) is 81.8 Å². The van der Waals surface area contributed by atoms with E-state index >= 15 is 0 Å². The van der Waals surface area contributed by atoms with Gasteiger partial charge in [0.1, 0.15) is 10.3 Å². The zero-order valence-corrected chi connectivity index (χ0v) is 16.4. The molecule has 0 spiro atoms. The minimum Gasteiger partial charge on any atom is -0.258 e. The van der Waals surface area contributed by atoms with E-state index in [4.69, 9.17) is 11.6 Å². The number of hydrogen-bond donors (Lipinski definition) is 0. The molecule has 0 heterocycles. The summed E-state index contributed by atoms with van der Waals surface area (Å²) < 4.78 is 0.368. The lowest BCUT2D eigenvalue weighted by Gasteiger charge is -2.08. The molecule has 2 rings (SSSR count). The molecule has 0 unspecified atom stereocenters. The molecule has 6 nitrogen and oxygen atoms in total. The fourth-order valence-corrected chi connectivity index (χ4v) is 4.32. The molecule has 0 atom stereocenters. The van der Waals surface area contributed by atoms with Gasteiger partial charge in [-0.1, -0.05) is 60.7 Å². The van der Waals surface area contributed by atoms with E-state index < -0.39 is 15.0 Å². The Morgan fingerprint density at radius 3 is 1.67 bits per heavy atom. The topological polar surface area (TPSA) is 86.3 Å². The maximum absolute atomic E-state index is 11.5. The fourth-order valence-electron chi connectivity index (χ4n) is 1.99. The van der Waals surface area contributed by atoms with E-state index in [1.807, 2.05) is 60.7 Å². The first-order valence-electron chi connectivity index (χ1n) is 7.71. The lowest BCUT2D eigenvalue weighted by Crippen LogP contribution is -2.02. The lowest BCUT2D eigenvalue weighted by molar-refractivity contribution is -0.427. The Kier molecular flexibility index (Phi) is 8.38. The summed E-state index contributed by atoms with van der Waals surface area (Å²) in [5.41, 5.74) is 1.61. The van der Waals surface area contributed by atoms with Crippen LogP contribution in [0, 0.1) is 20.2 Å². The number of benzene rings is 2. The van der Waals surface area contributed by atoms with Gasteiger partial charge in [-0.25, -0.2) is 0 Å². The highest BCUT2D eigenvalue weighted by Crippen LogP contribution is 2.37. The van der Waals surface area contributed by atoms with E-state index in [-0.39, 0.29) is 5.70 Å². The predicted molar refractivity (Wildman–Crippen MR) is 110 cm³/mol. The van der Waals surface area contributed by atoms with Crippen LogP contribution in [-0.4, -0.2) is 9.85 Å². The summed E-state index contributed by atoms with van der Waals surface area (Å²) in [5, 5.41) is 21.5. The highest BCUT2D eigenvalue weighted by Gasteiger charge is 2.22. The number of allylic oxidation sites excluding steroid dienone is 1. The van der Waals surface area contributed by atoms with Crippen molar-refractivity contribution in [2.75, 3.05) is 0 Å². The van der Waals surface area contributed by atoms with Gasteiger partial charge in [0.2, 0.25) is 0 Å². The largest absolute Gasteiger partial charge is 0.344 e. The zero-order chi connectivity index (χ0) is 19.6. The smallest absolute Gasteiger partial charge is 0.258 e. The molecule has 0 N–H and O–H groups in total. The first kappa shape index (κ1) is 21.0. The molecule has 0 radical (unpaired) electrons. The van der Waals surface area contributed by atoms with Crippen LogP contribution in [0.25, 0.3) is 0 Å². The van der Waals surface area contributed by atoms with Gasteiger partial charge < -0.3 is 0 Å². The highest BCUT2D eigenvalue weighted by molar-refractivity contribution is 8.21. The number of hydrogen-bond acceptors (Lipinski definition) is 6. The van der Waals surface area contributed by atoms with Crippen molar-refractivity contribution < 1.29 is 9.85 Å². The number of halogens is 1. The maximum atomic E-state index is 11.5. The second-order valence-corrected chi connectivity index (χ2v) is 7.82. The average molecular weight is 423 g/mol. The van der Waals surface area contributed by atoms with Crippen molar-refractivity contribution >= 4 is 35.1 Å². The maximum Gasteiger partial charge on any atom is 0.344 e. The standard InChI is InChI=1S/C18H15ClN2O4S2/c19-17(21(24)25)11-16(20(22)23)18(26-12-14-7-3-1-4-8-14)27-13-15-9-5-2-6-10-15/h1-11H,12-13H2/b17-11-. The summed E-state index contributed by atoms with van der Waals surface area (Å²) in [4.78, 5) is 20.8. The molecule has 0 aromatic heterocycles. The number of nitrogens with zero attached hydrogens (tertiary/aromatic N) is 2. The van der Waals surface area contributed by atoms with Crippen molar-refractivity contribution in [1.82, 2.24) is 0 Å². The van der Waals surface area contributed by atoms with Crippen molar-refractivity contribution in [2.24, 2.45) is 0 Å². The number of thioether (sulfide) groups is 2. The second kappa shape index (κ2) is 10.8.